The molecule has 27 heavy (non-hydrogen) atoms. The van der Waals surface area contributed by atoms with Gasteiger partial charge in [0, 0.05) is 25.7 Å². The molecule has 0 unspecified atom stereocenters. The lowest BCUT2D eigenvalue weighted by atomic mass is 9.87. The number of likely N-dealkylation sites (N-methyl/N-ethyl adjacent to an activating group) is 2. The molecule has 0 radical (unpaired) electrons. The number of thiazole rings is 1. The Hall–Kier alpha value is -1.72. The fourth-order valence-corrected chi connectivity index (χ4v) is 4.00. The van der Waals surface area contributed by atoms with Crippen molar-refractivity contribution in [1.29, 1.82) is 0 Å². The zero-order valence-electron chi connectivity index (χ0n) is 17.8. The van der Waals surface area contributed by atoms with Crippen LogP contribution in [0.1, 0.15) is 55.5 Å². The molecule has 0 aliphatic heterocycles. The summed E-state index contributed by atoms with van der Waals surface area (Å²) < 4.78 is 0. The Labute approximate surface area is 168 Å². The summed E-state index contributed by atoms with van der Waals surface area (Å²) in [7, 11) is 1.88. The summed E-state index contributed by atoms with van der Waals surface area (Å²) in [4.78, 5) is 22.4. The van der Waals surface area contributed by atoms with Crippen LogP contribution in [-0.2, 0) is 5.41 Å². The van der Waals surface area contributed by atoms with Gasteiger partial charge in [0.15, 0.2) is 0 Å². The van der Waals surface area contributed by atoms with Crippen LogP contribution in [0.15, 0.2) is 24.3 Å². The van der Waals surface area contributed by atoms with E-state index in [1.54, 1.807) is 0 Å². The van der Waals surface area contributed by atoms with Crippen molar-refractivity contribution in [3.63, 3.8) is 0 Å². The molecule has 1 heterocycles. The quantitative estimate of drug-likeness (QED) is 0.683. The van der Waals surface area contributed by atoms with Crippen LogP contribution >= 0.6 is 11.3 Å². The predicted molar refractivity (Wildman–Crippen MR) is 116 cm³/mol. The number of carbonyl (C=O) groups is 1. The number of hydrogen-bond donors (Lipinski definition) is 0. The summed E-state index contributed by atoms with van der Waals surface area (Å²) in [5.74, 6) is 0.0646. The predicted octanol–water partition coefficient (Wildman–Crippen LogP) is 4.83. The lowest BCUT2D eigenvalue weighted by Crippen LogP contribution is -2.36. The van der Waals surface area contributed by atoms with E-state index in [0.717, 1.165) is 47.3 Å². The Kier molecular flexibility index (Phi) is 7.18. The van der Waals surface area contributed by atoms with Gasteiger partial charge >= 0.3 is 0 Å². The molecule has 0 N–H and O–H groups in total. The maximum Gasteiger partial charge on any atom is 0.265 e. The van der Waals surface area contributed by atoms with E-state index < -0.39 is 0 Å². The van der Waals surface area contributed by atoms with Gasteiger partial charge in [-0.25, -0.2) is 4.98 Å². The summed E-state index contributed by atoms with van der Waals surface area (Å²) in [6, 6.07) is 8.53. The molecular weight excluding hydrogens is 354 g/mol. The van der Waals surface area contributed by atoms with Crippen molar-refractivity contribution in [1.82, 2.24) is 14.8 Å². The maximum atomic E-state index is 12.9. The van der Waals surface area contributed by atoms with Gasteiger partial charge in [-0.1, -0.05) is 58.9 Å². The van der Waals surface area contributed by atoms with Crippen LogP contribution in [0.3, 0.4) is 0 Å². The summed E-state index contributed by atoms with van der Waals surface area (Å²) >= 11 is 1.49. The third-order valence-corrected chi connectivity index (χ3v) is 6.18. The molecule has 2 rings (SSSR count). The molecule has 4 nitrogen and oxygen atoms in total. The van der Waals surface area contributed by atoms with E-state index in [1.165, 1.54) is 16.9 Å². The van der Waals surface area contributed by atoms with Crippen molar-refractivity contribution in [2.24, 2.45) is 0 Å². The molecule has 0 saturated carbocycles. The number of rotatable bonds is 7. The Morgan fingerprint density at radius 2 is 1.67 bits per heavy atom. The zero-order valence-corrected chi connectivity index (χ0v) is 18.6. The van der Waals surface area contributed by atoms with Gasteiger partial charge in [0.1, 0.15) is 9.88 Å². The van der Waals surface area contributed by atoms with E-state index in [1.807, 2.05) is 18.9 Å². The molecule has 1 aromatic carbocycles. The number of hydrogen-bond acceptors (Lipinski definition) is 4. The first kappa shape index (κ1) is 21.6. The largest absolute Gasteiger partial charge is 0.340 e. The molecule has 2 aromatic rings. The van der Waals surface area contributed by atoms with Crippen molar-refractivity contribution in [3.05, 3.63) is 40.4 Å². The number of amides is 1. The van der Waals surface area contributed by atoms with Gasteiger partial charge in [-0.15, -0.1) is 11.3 Å². The molecule has 0 fully saturated rings. The molecule has 0 bridgehead atoms. The van der Waals surface area contributed by atoms with Crippen molar-refractivity contribution in [2.45, 2.75) is 47.0 Å². The summed E-state index contributed by atoms with van der Waals surface area (Å²) in [5.41, 5.74) is 3.31. The monoisotopic (exact) mass is 387 g/mol. The van der Waals surface area contributed by atoms with E-state index in [2.05, 4.69) is 68.8 Å². The second-order valence-electron chi connectivity index (χ2n) is 8.01. The number of nitrogens with zero attached hydrogens (tertiary/aromatic N) is 3. The van der Waals surface area contributed by atoms with Crippen molar-refractivity contribution >= 4 is 17.2 Å². The normalized spacial score (nSPS) is 11.9. The van der Waals surface area contributed by atoms with Gasteiger partial charge in [0.05, 0.1) is 5.69 Å². The molecule has 0 aliphatic rings. The fourth-order valence-electron chi connectivity index (χ4n) is 2.94. The molecule has 1 amide bonds. The standard InChI is InChI=1S/C22H33N3OS/c1-8-25(9-2)15-14-24(7)21(26)19-16(3)23-20(27-19)17-10-12-18(13-11-17)22(4,5)6/h10-13H,8-9,14-15H2,1-7H3. The first-order valence-corrected chi connectivity index (χ1v) is 10.5. The van der Waals surface area contributed by atoms with E-state index in [0.29, 0.717) is 0 Å². The summed E-state index contributed by atoms with van der Waals surface area (Å²) in [6.45, 7) is 16.5. The fraction of sp³-hybridized carbons (Fsp3) is 0.545. The maximum absolute atomic E-state index is 12.9. The van der Waals surface area contributed by atoms with E-state index >= 15 is 0 Å². The minimum atomic E-state index is 0.0646. The number of carbonyl (C=O) groups excluding carboxylic acids is 1. The van der Waals surface area contributed by atoms with Gasteiger partial charge in [-0.05, 0) is 31.0 Å². The van der Waals surface area contributed by atoms with Crippen LogP contribution < -0.4 is 0 Å². The Morgan fingerprint density at radius 3 is 2.19 bits per heavy atom. The topological polar surface area (TPSA) is 36.4 Å². The number of aryl methyl sites for hydroxylation is 1. The molecule has 1 aromatic heterocycles. The molecule has 0 saturated heterocycles. The van der Waals surface area contributed by atoms with Crippen molar-refractivity contribution < 1.29 is 4.79 Å². The van der Waals surface area contributed by atoms with Crippen molar-refractivity contribution in [3.8, 4) is 10.6 Å². The Balaban J connectivity index is 2.14. The van der Waals surface area contributed by atoms with Gasteiger partial charge in [0.2, 0.25) is 0 Å². The van der Waals surface area contributed by atoms with Crippen LogP contribution in [0.25, 0.3) is 10.6 Å². The summed E-state index contributed by atoms with van der Waals surface area (Å²) in [5, 5.41) is 0.911. The lowest BCUT2D eigenvalue weighted by molar-refractivity contribution is 0.0783. The van der Waals surface area contributed by atoms with E-state index in [-0.39, 0.29) is 11.3 Å². The van der Waals surface area contributed by atoms with Crippen LogP contribution in [0.2, 0.25) is 0 Å². The third kappa shape index (κ3) is 5.39. The minimum absolute atomic E-state index is 0.0646. The van der Waals surface area contributed by atoms with Crippen LogP contribution in [-0.4, -0.2) is 53.9 Å². The van der Waals surface area contributed by atoms with Gasteiger partial charge < -0.3 is 9.80 Å². The first-order valence-electron chi connectivity index (χ1n) is 9.73. The third-order valence-electron chi connectivity index (χ3n) is 4.98. The van der Waals surface area contributed by atoms with Crippen LogP contribution in [0.4, 0.5) is 0 Å². The second-order valence-corrected chi connectivity index (χ2v) is 9.01. The highest BCUT2D eigenvalue weighted by Crippen LogP contribution is 2.30. The smallest absolute Gasteiger partial charge is 0.265 e. The number of aromatic nitrogens is 1. The van der Waals surface area contributed by atoms with E-state index in [4.69, 9.17) is 0 Å². The Morgan fingerprint density at radius 1 is 1.07 bits per heavy atom. The molecule has 0 atom stereocenters. The summed E-state index contributed by atoms with van der Waals surface area (Å²) in [6.07, 6.45) is 0. The van der Waals surface area contributed by atoms with Crippen LogP contribution in [0.5, 0.6) is 0 Å². The van der Waals surface area contributed by atoms with Gasteiger partial charge in [-0.3, -0.25) is 4.79 Å². The highest BCUT2D eigenvalue weighted by Gasteiger charge is 2.20. The second kappa shape index (κ2) is 8.98. The lowest BCUT2D eigenvalue weighted by Gasteiger charge is -2.22. The average Bonchev–Trinajstić information content (AvgIpc) is 3.02. The van der Waals surface area contributed by atoms with E-state index in [9.17, 15) is 4.79 Å². The Bertz CT molecular complexity index is 755. The van der Waals surface area contributed by atoms with Gasteiger partial charge in [-0.2, -0.15) is 0 Å². The minimum Gasteiger partial charge on any atom is -0.340 e. The first-order chi connectivity index (χ1) is 12.7. The number of benzene rings is 1. The highest BCUT2D eigenvalue weighted by atomic mass is 32.1. The zero-order chi connectivity index (χ0) is 20.2. The molecule has 5 heteroatoms. The molecular formula is C22H33N3OS. The molecule has 0 aliphatic carbocycles. The average molecular weight is 388 g/mol. The molecule has 148 valence electrons. The SMILES string of the molecule is CCN(CC)CCN(C)C(=O)c1sc(-c2ccc(C(C)(C)C)cc2)nc1C. The van der Waals surface area contributed by atoms with Gasteiger partial charge in [0.25, 0.3) is 5.91 Å². The molecule has 0 spiro atoms. The highest BCUT2D eigenvalue weighted by molar-refractivity contribution is 7.17. The van der Waals surface area contributed by atoms with Crippen molar-refractivity contribution in [2.75, 3.05) is 33.2 Å². The van der Waals surface area contributed by atoms with Crippen LogP contribution in [0, 0.1) is 6.92 Å².